The predicted octanol–water partition coefficient (Wildman–Crippen LogP) is 2.88. The van der Waals surface area contributed by atoms with Gasteiger partial charge in [-0.3, -0.25) is 9.59 Å². The summed E-state index contributed by atoms with van der Waals surface area (Å²) in [5.41, 5.74) is 1.27. The van der Waals surface area contributed by atoms with Crippen molar-refractivity contribution in [1.82, 2.24) is 20.2 Å². The molecule has 0 unspecified atom stereocenters. The summed E-state index contributed by atoms with van der Waals surface area (Å²) in [4.78, 5) is 41.1. The van der Waals surface area contributed by atoms with Crippen LogP contribution in [0.15, 0.2) is 24.4 Å². The number of aromatic nitrogens is 2. The van der Waals surface area contributed by atoms with E-state index in [0.717, 1.165) is 19.5 Å². The number of hydrogen-bond donors (Lipinski definition) is 2. The van der Waals surface area contributed by atoms with Crippen LogP contribution in [0.5, 0.6) is 5.75 Å². The number of hydrogen-bond acceptors (Lipinski definition) is 8. The molecule has 2 aliphatic rings. The number of nitrogens with one attached hydrogen (secondary N) is 2. The minimum absolute atomic E-state index is 0.0241. The number of methoxy groups -OCH3 is 1. The van der Waals surface area contributed by atoms with Crippen molar-refractivity contribution in [2.75, 3.05) is 56.0 Å². The van der Waals surface area contributed by atoms with Crippen molar-refractivity contribution < 1.29 is 14.3 Å². The third kappa shape index (κ3) is 5.09. The van der Waals surface area contributed by atoms with Crippen molar-refractivity contribution in [3.63, 3.8) is 0 Å². The predicted molar refractivity (Wildman–Crippen MR) is 141 cm³/mol. The highest BCUT2D eigenvalue weighted by Crippen LogP contribution is 2.38. The number of likely N-dealkylation sites (tertiary alicyclic amines) is 1. The van der Waals surface area contributed by atoms with Crippen molar-refractivity contribution in [1.29, 1.82) is 0 Å². The van der Waals surface area contributed by atoms with Gasteiger partial charge < -0.3 is 30.1 Å². The average Bonchev–Trinajstić information content (AvgIpc) is 3.23. The third-order valence-electron chi connectivity index (χ3n) is 6.89. The average molecular weight is 496 g/mol. The molecule has 1 aromatic carbocycles. The number of amides is 2. The summed E-state index contributed by atoms with van der Waals surface area (Å²) in [6, 6.07) is 5.56. The van der Waals surface area contributed by atoms with E-state index in [-0.39, 0.29) is 23.9 Å². The Morgan fingerprint density at radius 1 is 1.25 bits per heavy atom. The molecule has 0 bridgehead atoms. The lowest BCUT2D eigenvalue weighted by Gasteiger charge is -2.32. The zero-order valence-electron chi connectivity index (χ0n) is 22.3. The van der Waals surface area contributed by atoms with E-state index < -0.39 is 5.41 Å². The minimum Gasteiger partial charge on any atom is -0.495 e. The van der Waals surface area contributed by atoms with Crippen LogP contribution in [0, 0.1) is 5.41 Å². The summed E-state index contributed by atoms with van der Waals surface area (Å²) in [5.74, 6) is 1.49. The van der Waals surface area contributed by atoms with Gasteiger partial charge in [0.2, 0.25) is 11.9 Å². The molecule has 1 aromatic heterocycles. The number of carbonyl (C=O) groups excluding carboxylic acids is 2. The molecule has 10 heteroatoms. The Morgan fingerprint density at radius 3 is 2.64 bits per heavy atom. The molecule has 0 radical (unpaired) electrons. The fraction of sp³-hybridized carbons (Fsp3) is 0.538. The van der Waals surface area contributed by atoms with Crippen molar-refractivity contribution in [2.45, 2.75) is 46.2 Å². The topological polar surface area (TPSA) is 103 Å². The fourth-order valence-electron chi connectivity index (χ4n) is 4.81. The molecule has 0 aliphatic carbocycles. The first kappa shape index (κ1) is 25.7. The molecule has 3 heterocycles. The number of likely N-dealkylation sites (N-methyl/N-ethyl adjacent to an activating group) is 1. The molecule has 1 atom stereocenters. The first-order chi connectivity index (χ1) is 17.0. The summed E-state index contributed by atoms with van der Waals surface area (Å²) in [6.07, 6.45) is 2.62. The van der Waals surface area contributed by atoms with E-state index in [4.69, 9.17) is 9.72 Å². The van der Waals surface area contributed by atoms with E-state index >= 15 is 0 Å². The molecule has 1 saturated heterocycles. The minimum atomic E-state index is -0.569. The van der Waals surface area contributed by atoms with Crippen LogP contribution in [-0.4, -0.2) is 79.6 Å². The zero-order chi connectivity index (χ0) is 26.2. The molecule has 2 N–H and O–H groups in total. The van der Waals surface area contributed by atoms with Gasteiger partial charge in [-0.2, -0.15) is 4.98 Å². The number of anilines is 4. The quantitative estimate of drug-likeness (QED) is 0.631. The molecule has 0 saturated carbocycles. The zero-order valence-corrected chi connectivity index (χ0v) is 22.3. The van der Waals surface area contributed by atoms with Gasteiger partial charge in [0.1, 0.15) is 11.4 Å². The first-order valence-corrected chi connectivity index (χ1v) is 12.4. The Bertz CT molecular complexity index is 1150. The van der Waals surface area contributed by atoms with Crippen LogP contribution in [0.4, 0.5) is 23.1 Å². The Morgan fingerprint density at radius 2 is 2.00 bits per heavy atom. The first-order valence-electron chi connectivity index (χ1n) is 12.4. The van der Waals surface area contributed by atoms with E-state index in [1.54, 1.807) is 43.5 Å². The number of carbonyl (C=O) groups is 2. The van der Waals surface area contributed by atoms with E-state index in [0.29, 0.717) is 41.0 Å². The second-order valence-corrected chi connectivity index (χ2v) is 10.6. The normalized spacial score (nSPS) is 19.8. The standard InChI is InChI=1S/C26H37N7O3/c1-16(2)33-15-26(3,4)24(35)32(6)20-13-27-25(30-22(20)33)29-19-9-8-17(12-21(19)36-7)23(34)28-18-10-11-31(5)14-18/h8-9,12-13,16,18H,10-11,14-15H2,1-7H3,(H,28,34)(H,27,29,30)/t18-/m1/s1. The molecular formula is C26H37N7O3. The van der Waals surface area contributed by atoms with Gasteiger partial charge in [0.05, 0.1) is 24.4 Å². The monoisotopic (exact) mass is 495 g/mol. The molecular weight excluding hydrogens is 458 g/mol. The second-order valence-electron chi connectivity index (χ2n) is 10.6. The lowest BCUT2D eigenvalue weighted by Crippen LogP contribution is -2.44. The molecule has 0 spiro atoms. The van der Waals surface area contributed by atoms with Crippen LogP contribution in [0.2, 0.25) is 0 Å². The van der Waals surface area contributed by atoms with Crippen LogP contribution in [0.25, 0.3) is 0 Å². The maximum Gasteiger partial charge on any atom is 0.251 e. The van der Waals surface area contributed by atoms with Crippen LogP contribution in [-0.2, 0) is 4.79 Å². The lowest BCUT2D eigenvalue weighted by molar-refractivity contribution is -0.125. The van der Waals surface area contributed by atoms with Gasteiger partial charge >= 0.3 is 0 Å². The molecule has 2 amide bonds. The number of rotatable bonds is 6. The summed E-state index contributed by atoms with van der Waals surface area (Å²) in [7, 11) is 5.38. The number of fused-ring (bicyclic) bond motifs is 1. The summed E-state index contributed by atoms with van der Waals surface area (Å²) in [5, 5.41) is 6.33. The molecule has 10 nitrogen and oxygen atoms in total. The van der Waals surface area contributed by atoms with Crippen molar-refractivity contribution in [2.24, 2.45) is 5.41 Å². The highest BCUT2D eigenvalue weighted by Gasteiger charge is 2.39. The van der Waals surface area contributed by atoms with E-state index in [1.165, 1.54) is 0 Å². The Balaban J connectivity index is 1.59. The molecule has 4 rings (SSSR count). The maximum atomic E-state index is 13.0. The van der Waals surface area contributed by atoms with E-state index in [9.17, 15) is 9.59 Å². The SMILES string of the molecule is COc1cc(C(=O)N[C@@H]2CCN(C)C2)ccc1Nc1ncc2c(n1)N(C(C)C)CC(C)(C)C(=O)N2C. The van der Waals surface area contributed by atoms with Gasteiger partial charge in [0.25, 0.3) is 5.91 Å². The third-order valence-corrected chi connectivity index (χ3v) is 6.89. The number of ether oxygens (including phenoxy) is 1. The largest absolute Gasteiger partial charge is 0.495 e. The molecule has 2 aliphatic heterocycles. The van der Waals surface area contributed by atoms with E-state index in [2.05, 4.69) is 46.3 Å². The number of benzene rings is 1. The maximum absolute atomic E-state index is 13.0. The van der Waals surface area contributed by atoms with Gasteiger partial charge in [0.15, 0.2) is 5.82 Å². The molecule has 1 fully saturated rings. The van der Waals surface area contributed by atoms with Crippen LogP contribution < -0.4 is 25.2 Å². The fourth-order valence-corrected chi connectivity index (χ4v) is 4.81. The summed E-state index contributed by atoms with van der Waals surface area (Å²) in [6.45, 7) is 10.4. The van der Waals surface area contributed by atoms with Crippen molar-refractivity contribution in [3.05, 3.63) is 30.0 Å². The highest BCUT2D eigenvalue weighted by molar-refractivity contribution is 6.01. The van der Waals surface area contributed by atoms with E-state index in [1.807, 2.05) is 13.8 Å². The molecule has 36 heavy (non-hydrogen) atoms. The van der Waals surface area contributed by atoms with Crippen LogP contribution in [0.1, 0.15) is 44.5 Å². The van der Waals surface area contributed by atoms with Gasteiger partial charge in [-0.25, -0.2) is 4.98 Å². The van der Waals surface area contributed by atoms with Crippen molar-refractivity contribution in [3.8, 4) is 5.75 Å². The number of nitrogens with zero attached hydrogens (tertiary/aromatic N) is 5. The van der Waals surface area contributed by atoms with Crippen LogP contribution in [0.3, 0.4) is 0 Å². The van der Waals surface area contributed by atoms with Crippen LogP contribution >= 0.6 is 0 Å². The van der Waals surface area contributed by atoms with Gasteiger partial charge in [0, 0.05) is 37.8 Å². The van der Waals surface area contributed by atoms with Gasteiger partial charge in [-0.15, -0.1) is 0 Å². The molecule has 2 aromatic rings. The van der Waals surface area contributed by atoms with Gasteiger partial charge in [-0.1, -0.05) is 0 Å². The highest BCUT2D eigenvalue weighted by atomic mass is 16.5. The Hall–Kier alpha value is -3.40. The Labute approximate surface area is 213 Å². The smallest absolute Gasteiger partial charge is 0.251 e. The molecule has 194 valence electrons. The lowest BCUT2D eigenvalue weighted by atomic mass is 9.91. The van der Waals surface area contributed by atoms with Crippen molar-refractivity contribution >= 4 is 35.0 Å². The summed E-state index contributed by atoms with van der Waals surface area (Å²) < 4.78 is 5.58. The Kier molecular flexibility index (Phi) is 7.08. The van der Waals surface area contributed by atoms with Gasteiger partial charge in [-0.05, 0) is 65.9 Å². The summed E-state index contributed by atoms with van der Waals surface area (Å²) >= 11 is 0. The second kappa shape index (κ2) is 9.93.